The first-order valence-corrected chi connectivity index (χ1v) is 12.9. The van der Waals surface area contributed by atoms with Crippen LogP contribution in [0.3, 0.4) is 0 Å². The number of benzene rings is 3. The molecule has 192 valence electrons. The van der Waals surface area contributed by atoms with Crippen molar-refractivity contribution >= 4 is 23.1 Å². The number of aryl methyl sites for hydroxylation is 2. The molecule has 0 amide bonds. The quantitative estimate of drug-likeness (QED) is 0.387. The van der Waals surface area contributed by atoms with Crippen molar-refractivity contribution in [3.63, 3.8) is 0 Å². The van der Waals surface area contributed by atoms with E-state index in [2.05, 4.69) is 6.07 Å². The van der Waals surface area contributed by atoms with Crippen LogP contribution in [-0.4, -0.2) is 5.78 Å². The fraction of sp³-hybridized carbons (Fsp3) is 0.226. The number of carbonyl (C=O) groups excluding carboxylic acids is 1. The third-order valence-electron chi connectivity index (χ3n) is 7.22. The molecule has 0 saturated heterocycles. The van der Waals surface area contributed by atoms with Crippen molar-refractivity contribution in [2.45, 2.75) is 45.6 Å². The number of rotatable bonds is 5. The lowest BCUT2D eigenvalue weighted by atomic mass is 9.74. The topological polar surface area (TPSA) is 79.4 Å². The first kappa shape index (κ1) is 25.6. The van der Waals surface area contributed by atoms with Crippen LogP contribution in [-0.2, 0) is 11.4 Å². The van der Waals surface area contributed by atoms with Gasteiger partial charge in [0.15, 0.2) is 5.78 Å². The Balaban J connectivity index is 1.62. The Morgan fingerprint density at radius 2 is 1.87 bits per heavy atom. The molecule has 2 N–H and O–H groups in total. The zero-order chi connectivity index (χ0) is 27.0. The van der Waals surface area contributed by atoms with E-state index in [1.54, 1.807) is 29.2 Å². The molecule has 7 heteroatoms. The Bertz CT molecular complexity index is 1540. The van der Waals surface area contributed by atoms with Crippen LogP contribution >= 0.6 is 11.6 Å². The second kappa shape index (κ2) is 10.4. The molecule has 1 unspecified atom stereocenters. The molecular formula is C31H27ClFN3O2. The Labute approximate surface area is 226 Å². The number of ketones is 1. The van der Waals surface area contributed by atoms with Gasteiger partial charge >= 0.3 is 0 Å². The molecule has 1 atom stereocenters. The molecule has 1 aliphatic carbocycles. The van der Waals surface area contributed by atoms with Gasteiger partial charge in [-0.1, -0.05) is 29.8 Å². The van der Waals surface area contributed by atoms with E-state index in [4.69, 9.17) is 22.1 Å². The van der Waals surface area contributed by atoms with Crippen molar-refractivity contribution in [3.8, 4) is 11.8 Å². The minimum absolute atomic E-state index is 0.0168. The normalized spacial score (nSPS) is 17.4. The van der Waals surface area contributed by atoms with E-state index in [0.717, 1.165) is 28.0 Å². The van der Waals surface area contributed by atoms with Crippen molar-refractivity contribution in [1.29, 1.82) is 5.26 Å². The minimum Gasteiger partial charge on any atom is -0.489 e. The summed E-state index contributed by atoms with van der Waals surface area (Å²) in [5.74, 6) is -0.136. The molecule has 5 rings (SSSR count). The molecule has 0 radical (unpaired) electrons. The third-order valence-corrected chi connectivity index (χ3v) is 7.48. The van der Waals surface area contributed by atoms with Gasteiger partial charge < -0.3 is 10.5 Å². The summed E-state index contributed by atoms with van der Waals surface area (Å²) < 4.78 is 20.2. The molecule has 1 aliphatic heterocycles. The van der Waals surface area contributed by atoms with E-state index >= 15 is 0 Å². The number of hydrogen-bond donors (Lipinski definition) is 1. The monoisotopic (exact) mass is 527 g/mol. The average molecular weight is 528 g/mol. The molecule has 2 aliphatic rings. The largest absolute Gasteiger partial charge is 0.489 e. The van der Waals surface area contributed by atoms with E-state index in [-0.39, 0.29) is 17.2 Å². The van der Waals surface area contributed by atoms with E-state index in [9.17, 15) is 14.4 Å². The Morgan fingerprint density at radius 3 is 2.58 bits per heavy atom. The lowest BCUT2D eigenvalue weighted by Gasteiger charge is -2.40. The van der Waals surface area contributed by atoms with E-state index in [0.29, 0.717) is 47.9 Å². The number of carbonyl (C=O) groups is 1. The highest BCUT2D eigenvalue weighted by molar-refractivity contribution is 6.30. The fourth-order valence-corrected chi connectivity index (χ4v) is 5.51. The summed E-state index contributed by atoms with van der Waals surface area (Å²) in [6.45, 7) is 4.30. The first-order chi connectivity index (χ1) is 18.3. The lowest BCUT2D eigenvalue weighted by molar-refractivity contribution is -0.116. The lowest BCUT2D eigenvalue weighted by Crippen LogP contribution is -2.39. The van der Waals surface area contributed by atoms with Crippen LogP contribution in [0, 0.1) is 31.0 Å². The molecule has 0 spiro atoms. The predicted molar refractivity (Wildman–Crippen MR) is 146 cm³/mol. The van der Waals surface area contributed by atoms with Gasteiger partial charge in [0.2, 0.25) is 0 Å². The highest BCUT2D eigenvalue weighted by Gasteiger charge is 2.41. The molecular weight excluding hydrogens is 501 g/mol. The number of allylic oxidation sites excluding steroid dienone is 3. The third kappa shape index (κ3) is 4.66. The number of anilines is 1. The van der Waals surface area contributed by atoms with Crippen LogP contribution < -0.4 is 15.4 Å². The van der Waals surface area contributed by atoms with Gasteiger partial charge in [-0.05, 0) is 91.4 Å². The summed E-state index contributed by atoms with van der Waals surface area (Å²) in [6, 6.07) is 19.6. The molecule has 1 heterocycles. The highest BCUT2D eigenvalue weighted by Crippen LogP contribution is 2.47. The van der Waals surface area contributed by atoms with Gasteiger partial charge in [-0.3, -0.25) is 9.69 Å². The maximum absolute atomic E-state index is 14.2. The van der Waals surface area contributed by atoms with E-state index in [1.807, 2.05) is 38.1 Å². The number of ether oxygens (including phenoxy) is 1. The van der Waals surface area contributed by atoms with Gasteiger partial charge in [-0.25, -0.2) is 4.39 Å². The van der Waals surface area contributed by atoms with Gasteiger partial charge in [0.25, 0.3) is 0 Å². The SMILES string of the molecule is Cc1cc(C)c(C2C(C#N)=C(N)N(c3cccc(F)c3)C3=C2C(=O)CCC3)cc1COc1ccc(Cl)cc1. The Morgan fingerprint density at radius 1 is 1.11 bits per heavy atom. The Hall–Kier alpha value is -4.08. The van der Waals surface area contributed by atoms with Crippen LogP contribution in [0.1, 0.15) is 47.4 Å². The van der Waals surface area contributed by atoms with Crippen molar-refractivity contribution < 1.29 is 13.9 Å². The van der Waals surface area contributed by atoms with Gasteiger partial charge in [0.1, 0.15) is 24.0 Å². The van der Waals surface area contributed by atoms with Crippen molar-refractivity contribution in [3.05, 3.63) is 116 Å². The van der Waals surface area contributed by atoms with Crippen LogP contribution in [0.4, 0.5) is 10.1 Å². The summed E-state index contributed by atoms with van der Waals surface area (Å²) in [5.41, 5.74) is 12.5. The minimum atomic E-state index is -0.609. The maximum Gasteiger partial charge on any atom is 0.161 e. The molecule has 0 aromatic heterocycles. The summed E-state index contributed by atoms with van der Waals surface area (Å²) in [5, 5.41) is 11.0. The molecule has 38 heavy (non-hydrogen) atoms. The first-order valence-electron chi connectivity index (χ1n) is 12.5. The number of hydrogen-bond acceptors (Lipinski definition) is 5. The van der Waals surface area contributed by atoms with Crippen LogP contribution in [0.15, 0.2) is 83.3 Å². The van der Waals surface area contributed by atoms with E-state index in [1.165, 1.54) is 12.1 Å². The van der Waals surface area contributed by atoms with Crippen LogP contribution in [0.2, 0.25) is 5.02 Å². The predicted octanol–water partition coefficient (Wildman–Crippen LogP) is 6.98. The van der Waals surface area contributed by atoms with Gasteiger partial charge in [0.05, 0.1) is 23.2 Å². The Kier molecular flexibility index (Phi) is 6.96. The summed E-state index contributed by atoms with van der Waals surface area (Å²) in [6.07, 6.45) is 1.66. The summed E-state index contributed by atoms with van der Waals surface area (Å²) in [4.78, 5) is 15.1. The zero-order valence-corrected chi connectivity index (χ0v) is 22.0. The molecule has 3 aromatic carbocycles. The second-order valence-electron chi connectivity index (χ2n) is 9.67. The number of halogens is 2. The molecule has 5 nitrogen and oxygen atoms in total. The summed E-state index contributed by atoms with van der Waals surface area (Å²) in [7, 11) is 0. The number of Topliss-reactive ketones (excluding diaryl/α,β-unsaturated/α-hetero) is 1. The van der Waals surface area contributed by atoms with Crippen LogP contribution in [0.25, 0.3) is 0 Å². The average Bonchev–Trinajstić information content (AvgIpc) is 2.89. The fourth-order valence-electron chi connectivity index (χ4n) is 5.38. The maximum atomic E-state index is 14.2. The molecule has 0 fully saturated rings. The molecule has 0 bridgehead atoms. The summed E-state index contributed by atoms with van der Waals surface area (Å²) >= 11 is 5.99. The van der Waals surface area contributed by atoms with Crippen LogP contribution in [0.5, 0.6) is 5.75 Å². The van der Waals surface area contributed by atoms with Gasteiger partial charge in [-0.2, -0.15) is 5.26 Å². The molecule has 0 saturated carbocycles. The number of nitrogens with zero attached hydrogens (tertiary/aromatic N) is 2. The van der Waals surface area contributed by atoms with Crippen molar-refractivity contribution in [2.24, 2.45) is 5.73 Å². The number of nitrogens with two attached hydrogens (primary N) is 1. The smallest absolute Gasteiger partial charge is 0.161 e. The highest BCUT2D eigenvalue weighted by atomic mass is 35.5. The standard InChI is InChI=1S/C31H27ClFN3O2/c1-18-13-19(2)25(14-20(18)17-38-24-11-9-21(32)10-12-24)29-26(16-34)31(35)36(23-6-3-5-22(33)15-23)27-7-4-8-28(37)30(27)29/h3,5-6,9-15,29H,4,7-8,17,35H2,1-2H3. The van der Waals surface area contributed by atoms with Gasteiger partial charge in [0, 0.05) is 22.7 Å². The zero-order valence-electron chi connectivity index (χ0n) is 21.2. The van der Waals surface area contributed by atoms with Crippen molar-refractivity contribution in [2.75, 3.05) is 4.90 Å². The van der Waals surface area contributed by atoms with Gasteiger partial charge in [-0.15, -0.1) is 0 Å². The number of nitriles is 1. The van der Waals surface area contributed by atoms with E-state index < -0.39 is 11.7 Å². The van der Waals surface area contributed by atoms with Crippen molar-refractivity contribution in [1.82, 2.24) is 0 Å². The second-order valence-corrected chi connectivity index (χ2v) is 10.1. The molecule has 3 aromatic rings.